The maximum absolute atomic E-state index is 10.3. The van der Waals surface area contributed by atoms with Crippen LogP contribution in [0.1, 0.15) is 36.9 Å². The zero-order chi connectivity index (χ0) is 13.6. The molecule has 0 aliphatic heterocycles. The molecular formula is C15H16BrNOS. The van der Waals surface area contributed by atoms with Crippen molar-refractivity contribution in [2.75, 3.05) is 0 Å². The number of thiazole rings is 1. The minimum Gasteiger partial charge on any atom is -0.387 e. The molecule has 0 fully saturated rings. The second kappa shape index (κ2) is 4.69. The first kappa shape index (κ1) is 13.3. The number of aliphatic hydroxyl groups is 1. The Balaban J connectivity index is 2.04. The summed E-state index contributed by atoms with van der Waals surface area (Å²) in [4.78, 5) is 5.80. The van der Waals surface area contributed by atoms with Gasteiger partial charge in [-0.05, 0) is 30.4 Å². The van der Waals surface area contributed by atoms with Crippen LogP contribution >= 0.6 is 27.3 Å². The Morgan fingerprint density at radius 2 is 2.21 bits per heavy atom. The molecule has 0 spiro atoms. The number of rotatable bonds is 1. The van der Waals surface area contributed by atoms with Crippen LogP contribution in [0.2, 0.25) is 0 Å². The molecule has 1 heterocycles. The number of fused-ring (bicyclic) bond motifs is 1. The minimum absolute atomic E-state index is 0.134. The predicted molar refractivity (Wildman–Crippen MR) is 82.3 cm³/mol. The number of aromatic nitrogens is 1. The molecule has 1 aromatic heterocycles. The van der Waals surface area contributed by atoms with Crippen LogP contribution in [0.3, 0.4) is 0 Å². The van der Waals surface area contributed by atoms with Crippen LogP contribution in [0.15, 0.2) is 28.7 Å². The average Bonchev–Trinajstić information content (AvgIpc) is 2.71. The van der Waals surface area contributed by atoms with Gasteiger partial charge in [0.05, 0.1) is 16.7 Å². The summed E-state index contributed by atoms with van der Waals surface area (Å²) in [5.41, 5.74) is 2.32. The molecule has 0 saturated carbocycles. The molecule has 0 saturated heterocycles. The van der Waals surface area contributed by atoms with Gasteiger partial charge in [-0.15, -0.1) is 11.3 Å². The van der Waals surface area contributed by atoms with Gasteiger partial charge < -0.3 is 5.11 Å². The van der Waals surface area contributed by atoms with Gasteiger partial charge in [0.1, 0.15) is 5.01 Å². The van der Waals surface area contributed by atoms with E-state index in [2.05, 4.69) is 41.9 Å². The summed E-state index contributed by atoms with van der Waals surface area (Å²) < 4.78 is 1.05. The van der Waals surface area contributed by atoms with Crippen LogP contribution in [0.4, 0.5) is 0 Å². The highest BCUT2D eigenvalue weighted by molar-refractivity contribution is 9.10. The lowest BCUT2D eigenvalue weighted by Crippen LogP contribution is -2.24. The Bertz CT molecular complexity index is 620. The maximum Gasteiger partial charge on any atom is 0.124 e. The fraction of sp³-hybridized carbons (Fsp3) is 0.400. The van der Waals surface area contributed by atoms with Crippen LogP contribution < -0.4 is 0 Å². The minimum atomic E-state index is -0.364. The Kier molecular flexibility index (Phi) is 3.28. The fourth-order valence-corrected chi connectivity index (χ4v) is 4.10. The molecule has 19 heavy (non-hydrogen) atoms. The van der Waals surface area contributed by atoms with Crippen molar-refractivity contribution in [3.63, 3.8) is 0 Å². The maximum atomic E-state index is 10.3. The lowest BCUT2D eigenvalue weighted by atomic mass is 9.77. The fourth-order valence-electron chi connectivity index (χ4n) is 2.64. The Morgan fingerprint density at radius 1 is 1.42 bits per heavy atom. The third kappa shape index (κ3) is 2.62. The summed E-state index contributed by atoms with van der Waals surface area (Å²) in [6.07, 6.45) is 1.40. The molecule has 2 aromatic rings. The Labute approximate surface area is 125 Å². The number of benzene rings is 1. The summed E-state index contributed by atoms with van der Waals surface area (Å²) in [6.45, 7) is 4.38. The zero-order valence-corrected chi connectivity index (χ0v) is 13.4. The molecule has 1 atom stereocenters. The predicted octanol–water partition coefficient (Wildman–Crippen LogP) is 4.58. The first-order chi connectivity index (χ1) is 8.94. The van der Waals surface area contributed by atoms with E-state index in [1.807, 2.05) is 12.1 Å². The summed E-state index contributed by atoms with van der Waals surface area (Å²) in [5, 5.41) is 11.3. The van der Waals surface area contributed by atoms with E-state index in [-0.39, 0.29) is 11.5 Å². The lowest BCUT2D eigenvalue weighted by Gasteiger charge is -2.31. The van der Waals surface area contributed by atoms with Crippen LogP contribution in [0, 0.1) is 5.41 Å². The van der Waals surface area contributed by atoms with Gasteiger partial charge in [0.25, 0.3) is 0 Å². The summed E-state index contributed by atoms with van der Waals surface area (Å²) in [5.74, 6) is 0. The SMILES string of the molecule is CC1(C)Cc2nc(-c3cccc(Br)c3)sc2C(O)C1. The van der Waals surface area contributed by atoms with E-state index in [0.717, 1.165) is 38.5 Å². The van der Waals surface area contributed by atoms with Crippen molar-refractivity contribution in [3.8, 4) is 10.6 Å². The molecule has 1 unspecified atom stereocenters. The van der Waals surface area contributed by atoms with Gasteiger partial charge in [-0.25, -0.2) is 4.98 Å². The third-order valence-corrected chi connectivity index (χ3v) is 5.23. The molecule has 3 rings (SSSR count). The number of halogens is 1. The van der Waals surface area contributed by atoms with E-state index < -0.39 is 0 Å². The standard InChI is InChI=1S/C15H16BrNOS/c1-15(2)7-11-13(12(18)8-15)19-14(17-11)9-4-3-5-10(16)6-9/h3-6,12,18H,7-8H2,1-2H3. The van der Waals surface area contributed by atoms with E-state index in [4.69, 9.17) is 4.98 Å². The average molecular weight is 338 g/mol. The molecule has 0 radical (unpaired) electrons. The van der Waals surface area contributed by atoms with Crippen LogP contribution in [-0.2, 0) is 6.42 Å². The quantitative estimate of drug-likeness (QED) is 0.826. The molecule has 1 aromatic carbocycles. The monoisotopic (exact) mass is 337 g/mol. The van der Waals surface area contributed by atoms with Gasteiger partial charge in [0.2, 0.25) is 0 Å². The Morgan fingerprint density at radius 3 is 2.95 bits per heavy atom. The van der Waals surface area contributed by atoms with Crippen molar-refractivity contribution in [3.05, 3.63) is 39.3 Å². The zero-order valence-electron chi connectivity index (χ0n) is 11.0. The molecule has 0 amide bonds. The number of hydrogen-bond acceptors (Lipinski definition) is 3. The van der Waals surface area contributed by atoms with Crippen molar-refractivity contribution < 1.29 is 5.11 Å². The highest BCUT2D eigenvalue weighted by atomic mass is 79.9. The highest BCUT2D eigenvalue weighted by Crippen LogP contribution is 2.44. The van der Waals surface area contributed by atoms with Crippen LogP contribution in [-0.4, -0.2) is 10.1 Å². The van der Waals surface area contributed by atoms with Gasteiger partial charge >= 0.3 is 0 Å². The number of aliphatic hydroxyl groups excluding tert-OH is 1. The van der Waals surface area contributed by atoms with Crippen LogP contribution in [0.5, 0.6) is 0 Å². The van der Waals surface area contributed by atoms with E-state index in [0.29, 0.717) is 0 Å². The highest BCUT2D eigenvalue weighted by Gasteiger charge is 2.34. The summed E-state index contributed by atoms with van der Waals surface area (Å²) >= 11 is 5.11. The van der Waals surface area contributed by atoms with Crippen molar-refractivity contribution in [1.29, 1.82) is 0 Å². The van der Waals surface area contributed by atoms with Gasteiger partial charge in [-0.1, -0.05) is 41.9 Å². The van der Waals surface area contributed by atoms with Gasteiger partial charge in [0, 0.05) is 10.0 Å². The smallest absolute Gasteiger partial charge is 0.124 e. The first-order valence-corrected chi connectivity index (χ1v) is 7.99. The summed E-state index contributed by atoms with van der Waals surface area (Å²) in [7, 11) is 0. The Hall–Kier alpha value is -0.710. The second-order valence-corrected chi connectivity index (χ2v) is 7.85. The largest absolute Gasteiger partial charge is 0.387 e. The topological polar surface area (TPSA) is 33.1 Å². The first-order valence-electron chi connectivity index (χ1n) is 6.38. The molecular weight excluding hydrogens is 322 g/mol. The van der Waals surface area contributed by atoms with Crippen molar-refractivity contribution in [2.45, 2.75) is 32.8 Å². The van der Waals surface area contributed by atoms with E-state index in [1.165, 1.54) is 0 Å². The molecule has 0 bridgehead atoms. The van der Waals surface area contributed by atoms with Crippen molar-refractivity contribution >= 4 is 27.3 Å². The molecule has 1 aliphatic carbocycles. The molecule has 1 N–H and O–H groups in total. The number of nitrogens with zero attached hydrogens (tertiary/aromatic N) is 1. The second-order valence-electron chi connectivity index (χ2n) is 5.90. The summed E-state index contributed by atoms with van der Waals surface area (Å²) in [6, 6.07) is 8.16. The van der Waals surface area contributed by atoms with E-state index in [1.54, 1.807) is 11.3 Å². The van der Waals surface area contributed by atoms with Gasteiger partial charge in [0.15, 0.2) is 0 Å². The van der Waals surface area contributed by atoms with Gasteiger partial charge in [-0.2, -0.15) is 0 Å². The molecule has 4 heteroatoms. The van der Waals surface area contributed by atoms with Gasteiger partial charge in [-0.3, -0.25) is 0 Å². The normalized spacial score (nSPS) is 21.2. The lowest BCUT2D eigenvalue weighted by molar-refractivity contribution is 0.102. The van der Waals surface area contributed by atoms with E-state index >= 15 is 0 Å². The molecule has 1 aliphatic rings. The van der Waals surface area contributed by atoms with Crippen LogP contribution in [0.25, 0.3) is 10.6 Å². The number of hydrogen-bond donors (Lipinski definition) is 1. The molecule has 100 valence electrons. The third-order valence-electron chi connectivity index (χ3n) is 3.49. The van der Waals surface area contributed by atoms with Crippen molar-refractivity contribution in [2.24, 2.45) is 5.41 Å². The van der Waals surface area contributed by atoms with Crippen molar-refractivity contribution in [1.82, 2.24) is 4.98 Å². The molecule has 2 nitrogen and oxygen atoms in total. The van der Waals surface area contributed by atoms with E-state index in [9.17, 15) is 5.11 Å².